The molecule has 0 unspecified atom stereocenters. The fourth-order valence-electron chi connectivity index (χ4n) is 0.600. The van der Waals surface area contributed by atoms with Crippen LogP contribution in [0.2, 0.25) is 0 Å². The monoisotopic (exact) mass is 246 g/mol. The number of carbonyl (C=O) groups is 2. The van der Waals surface area contributed by atoms with Crippen molar-refractivity contribution in [1.82, 2.24) is 0 Å². The maximum absolute atomic E-state index is 9.92. The Hall–Kier alpha value is -0.740. The summed E-state index contributed by atoms with van der Waals surface area (Å²) in [5.41, 5.74) is 10.2. The number of rotatable bonds is 4. The van der Waals surface area contributed by atoms with Crippen molar-refractivity contribution in [2.75, 3.05) is 0 Å². The third kappa shape index (κ3) is 37.8. The Labute approximate surface area is 106 Å². The average Bonchev–Trinajstić information content (AvgIpc) is 2.20. The molecular formula is C12H36N2O2. The van der Waals surface area contributed by atoms with Gasteiger partial charge in [0.1, 0.15) is 12.6 Å². The molecule has 0 saturated carbocycles. The van der Waals surface area contributed by atoms with Gasteiger partial charge in [-0.2, -0.15) is 0 Å². The van der Waals surface area contributed by atoms with Crippen LogP contribution in [0.3, 0.4) is 0 Å². The van der Waals surface area contributed by atoms with Crippen molar-refractivity contribution in [3.63, 3.8) is 0 Å². The number of hydrogen-bond donors (Lipinski definition) is 2. The van der Waals surface area contributed by atoms with Crippen molar-refractivity contribution in [2.45, 2.75) is 61.6 Å². The molecular weight excluding hydrogens is 204 g/mol. The van der Waals surface area contributed by atoms with Gasteiger partial charge in [-0.15, -0.1) is 0 Å². The van der Waals surface area contributed by atoms with Crippen LogP contribution in [0.25, 0.3) is 0 Å². The van der Waals surface area contributed by atoms with Crippen LogP contribution in [0.15, 0.2) is 0 Å². The first-order valence-electron chi connectivity index (χ1n) is 5.35. The third-order valence-electron chi connectivity index (χ3n) is 1.13. The fraction of sp³-hybridized carbons (Fsp3) is 0.833. The van der Waals surface area contributed by atoms with Gasteiger partial charge in [0.15, 0.2) is 0 Å². The van der Waals surface area contributed by atoms with E-state index in [0.717, 1.165) is 12.7 Å². The molecule has 0 aromatic heterocycles. The number of nitrogens with two attached hydrogens (primary N) is 2. The van der Waals surface area contributed by atoms with Crippen molar-refractivity contribution in [3.05, 3.63) is 0 Å². The van der Waals surface area contributed by atoms with Crippen molar-refractivity contribution in [1.29, 1.82) is 0 Å². The van der Waals surface area contributed by atoms with E-state index in [4.69, 9.17) is 14.4 Å². The van der Waals surface area contributed by atoms with Crippen LogP contribution >= 0.6 is 0 Å². The Balaban J connectivity index is -0.0000000235. The molecule has 0 aromatic carbocycles. The molecule has 0 rings (SSSR count). The van der Waals surface area contributed by atoms with Gasteiger partial charge in [0.2, 0.25) is 0 Å². The number of hydrogen-bond acceptors (Lipinski definition) is 4. The van der Waals surface area contributed by atoms with Gasteiger partial charge >= 0.3 is 0 Å². The molecule has 0 radical (unpaired) electrons. The summed E-state index contributed by atoms with van der Waals surface area (Å²) in [6.07, 6.45) is 2.28. The summed E-state index contributed by atoms with van der Waals surface area (Å²) in [6.45, 7) is 5.72. The second-order valence-corrected chi connectivity index (χ2v) is 3.42. The maximum Gasteiger partial charge on any atom is 0.136 e. The molecule has 0 aliphatic heterocycles. The minimum atomic E-state index is -0.296. The molecule has 0 spiro atoms. The molecule has 0 aliphatic carbocycles. The van der Waals surface area contributed by atoms with Gasteiger partial charge in [-0.1, -0.05) is 36.1 Å². The van der Waals surface area contributed by atoms with E-state index >= 15 is 0 Å². The van der Waals surface area contributed by atoms with Crippen molar-refractivity contribution in [3.8, 4) is 0 Å². The van der Waals surface area contributed by atoms with E-state index in [2.05, 4.69) is 0 Å². The van der Waals surface area contributed by atoms with Crippen molar-refractivity contribution >= 4 is 12.6 Å². The van der Waals surface area contributed by atoms with E-state index in [1.807, 2.05) is 13.8 Å². The predicted molar refractivity (Wildman–Crippen MR) is 77.6 cm³/mol. The highest BCUT2D eigenvalue weighted by atomic mass is 16.1. The molecule has 0 aliphatic rings. The Morgan fingerprint density at radius 1 is 1.06 bits per heavy atom. The highest BCUT2D eigenvalue weighted by molar-refractivity contribution is 5.56. The summed E-state index contributed by atoms with van der Waals surface area (Å²) in [5, 5.41) is 0. The average molecular weight is 246 g/mol. The molecule has 16 heavy (non-hydrogen) atoms. The van der Waals surface area contributed by atoms with E-state index in [-0.39, 0.29) is 35.8 Å². The zero-order valence-electron chi connectivity index (χ0n) is 10.6. The first kappa shape index (κ1) is 24.5. The molecule has 0 amide bonds. The summed E-state index contributed by atoms with van der Waals surface area (Å²) in [4.78, 5) is 19.3. The predicted octanol–water partition coefficient (Wildman–Crippen LogP) is 2.49. The molecule has 0 saturated heterocycles. The topological polar surface area (TPSA) is 86.2 Å². The van der Waals surface area contributed by atoms with Crippen LogP contribution in [0.4, 0.5) is 0 Å². The summed E-state index contributed by atoms with van der Waals surface area (Å²) in [5.74, 6) is 0.523. The molecule has 4 nitrogen and oxygen atoms in total. The lowest BCUT2D eigenvalue weighted by Crippen LogP contribution is -2.23. The van der Waals surface area contributed by atoms with E-state index in [0.29, 0.717) is 12.2 Å². The van der Waals surface area contributed by atoms with E-state index < -0.39 is 0 Å². The van der Waals surface area contributed by atoms with Crippen LogP contribution in [-0.2, 0) is 9.59 Å². The highest BCUT2D eigenvalue weighted by Crippen LogP contribution is 1.99. The largest absolute Gasteiger partial charge is 0.322 e. The molecule has 4 heteroatoms. The van der Waals surface area contributed by atoms with Crippen LogP contribution < -0.4 is 11.5 Å². The first-order chi connectivity index (χ1) is 6.93. The first-order valence-corrected chi connectivity index (χ1v) is 4.35. The van der Waals surface area contributed by atoms with E-state index in [1.54, 1.807) is 6.92 Å². The SMILES string of the molecule is C.C.C.CC(C)C[C@@H](N)C=O.C[C@@H](N)C=O.[3HH].[3H][3H]. The number of aldehydes is 2. The van der Waals surface area contributed by atoms with Gasteiger partial charge in [0.25, 0.3) is 0 Å². The second kappa shape index (κ2) is 19.8. The van der Waals surface area contributed by atoms with Crippen molar-refractivity contribution in [2.24, 2.45) is 17.4 Å². The minimum absolute atomic E-state index is 0. The Bertz CT molecular complexity index is 149. The molecule has 106 valence electrons. The van der Waals surface area contributed by atoms with Crippen LogP contribution in [0.1, 0.15) is 53.9 Å². The lowest BCUT2D eigenvalue weighted by molar-refractivity contribution is -0.109. The summed E-state index contributed by atoms with van der Waals surface area (Å²) in [7, 11) is 0. The minimum Gasteiger partial charge on any atom is -0.322 e. The summed E-state index contributed by atoms with van der Waals surface area (Å²) < 4.78 is 10.0. The zero-order valence-corrected chi connectivity index (χ0v) is 8.57. The maximum atomic E-state index is 9.92. The van der Waals surface area contributed by atoms with Gasteiger partial charge in [0, 0.05) is 4.40 Å². The zero-order chi connectivity index (χ0) is 12.9. The van der Waals surface area contributed by atoms with Gasteiger partial charge < -0.3 is 21.1 Å². The van der Waals surface area contributed by atoms with Gasteiger partial charge in [-0.05, 0) is 19.3 Å². The molecule has 0 heterocycles. The Morgan fingerprint density at radius 2 is 1.38 bits per heavy atom. The van der Waals surface area contributed by atoms with Crippen molar-refractivity contribution < 1.29 is 14.0 Å². The second-order valence-electron chi connectivity index (χ2n) is 3.42. The third-order valence-corrected chi connectivity index (χ3v) is 1.13. The quantitative estimate of drug-likeness (QED) is 0.746. The fourth-order valence-corrected chi connectivity index (χ4v) is 0.600. The van der Waals surface area contributed by atoms with E-state index in [9.17, 15) is 9.59 Å². The Morgan fingerprint density at radius 3 is 1.44 bits per heavy atom. The lowest BCUT2D eigenvalue weighted by atomic mass is 10.1. The van der Waals surface area contributed by atoms with Gasteiger partial charge in [-0.3, -0.25) is 0 Å². The van der Waals surface area contributed by atoms with Gasteiger partial charge in [0.05, 0.1) is 12.1 Å². The molecule has 0 fully saturated rings. The van der Waals surface area contributed by atoms with Crippen LogP contribution in [-0.4, -0.2) is 24.7 Å². The molecule has 4 N–H and O–H groups in total. The Kier molecular flexibility index (Phi) is 30.3. The normalized spacial score (nSPS) is 11.9. The van der Waals surface area contributed by atoms with Gasteiger partial charge in [-0.25, -0.2) is 0 Å². The van der Waals surface area contributed by atoms with Crippen LogP contribution in [0, 0.1) is 5.92 Å². The standard InChI is InChI=1S/C6H13NO.C3H7NO.3CH4.2H2/c1-5(2)3-6(7)4-8;1-3(4)2-5;;;;;/h4-6H,3,7H2,1-2H3;2-3H,4H2,1H3;3*1H4;2*1H/t6-;3-;;;;;/m11...../s1/i;;;;;1+2T;1+2. The smallest absolute Gasteiger partial charge is 0.136 e. The van der Waals surface area contributed by atoms with E-state index in [1.165, 1.54) is 0 Å². The lowest BCUT2D eigenvalue weighted by Gasteiger charge is -2.04. The highest BCUT2D eigenvalue weighted by Gasteiger charge is 2.01. The molecule has 0 bridgehead atoms. The number of carbonyl (C=O) groups excluding carboxylic acids is 2. The summed E-state index contributed by atoms with van der Waals surface area (Å²) in [6, 6.07) is -0.551. The molecule has 2 atom stereocenters. The van der Waals surface area contributed by atoms with Crippen LogP contribution in [0.5, 0.6) is 0 Å². The summed E-state index contributed by atoms with van der Waals surface area (Å²) >= 11 is 0. The molecule has 0 aromatic rings.